The second kappa shape index (κ2) is 9.99. The van der Waals surface area contributed by atoms with Gasteiger partial charge in [-0.15, -0.1) is 0 Å². The first-order valence-electron chi connectivity index (χ1n) is 12.1. The molecule has 8 nitrogen and oxygen atoms in total. The van der Waals surface area contributed by atoms with Gasteiger partial charge in [0.2, 0.25) is 5.43 Å². The van der Waals surface area contributed by atoms with Gasteiger partial charge in [-0.1, -0.05) is 60.7 Å². The summed E-state index contributed by atoms with van der Waals surface area (Å²) < 4.78 is 6.98. The fourth-order valence-corrected chi connectivity index (χ4v) is 5.41. The molecule has 2 aliphatic heterocycles. The molecule has 186 valence electrons. The van der Waals surface area contributed by atoms with Crippen LogP contribution >= 0.6 is 0 Å². The molecule has 0 aliphatic carbocycles. The minimum absolute atomic E-state index is 0.162. The SMILES string of the molecule is O=C(O)c1cn2c(c(O)c1=O)C(=O)N(CC1CCOCC1)C[C@@H]2C(c1ccccc1)c1ccccc1. The van der Waals surface area contributed by atoms with Crippen LogP contribution < -0.4 is 5.43 Å². The number of aromatic nitrogens is 1. The number of nitrogens with zero attached hydrogens (tertiary/aromatic N) is 2. The van der Waals surface area contributed by atoms with E-state index < -0.39 is 34.7 Å². The van der Waals surface area contributed by atoms with Crippen LogP contribution in [0.2, 0.25) is 0 Å². The Morgan fingerprint density at radius 3 is 2.11 bits per heavy atom. The van der Waals surface area contributed by atoms with Crippen LogP contribution in [0.15, 0.2) is 71.7 Å². The minimum Gasteiger partial charge on any atom is -0.503 e. The Kier molecular flexibility index (Phi) is 6.61. The molecule has 0 saturated carbocycles. The van der Waals surface area contributed by atoms with E-state index in [1.807, 2.05) is 60.7 Å². The first-order chi connectivity index (χ1) is 17.5. The molecule has 2 N–H and O–H groups in total. The summed E-state index contributed by atoms with van der Waals surface area (Å²) in [6.45, 7) is 2.05. The van der Waals surface area contributed by atoms with Crippen LogP contribution in [0.5, 0.6) is 5.75 Å². The van der Waals surface area contributed by atoms with Crippen molar-refractivity contribution >= 4 is 11.9 Å². The summed E-state index contributed by atoms with van der Waals surface area (Å²) in [6.07, 6.45) is 2.87. The molecule has 1 aromatic heterocycles. The fraction of sp³-hybridized carbons (Fsp3) is 0.321. The molecular weight excluding hydrogens is 460 g/mol. The number of hydrogen-bond donors (Lipinski definition) is 2. The van der Waals surface area contributed by atoms with Crippen LogP contribution in [0.4, 0.5) is 0 Å². The van der Waals surface area contributed by atoms with Gasteiger partial charge in [-0.05, 0) is 29.9 Å². The molecule has 0 unspecified atom stereocenters. The lowest BCUT2D eigenvalue weighted by Crippen LogP contribution is -2.48. The Morgan fingerprint density at radius 1 is 0.972 bits per heavy atom. The lowest BCUT2D eigenvalue weighted by atomic mass is 9.83. The van der Waals surface area contributed by atoms with E-state index in [1.54, 1.807) is 4.90 Å². The van der Waals surface area contributed by atoms with Crippen LogP contribution in [0.1, 0.15) is 56.8 Å². The van der Waals surface area contributed by atoms with Gasteiger partial charge in [-0.3, -0.25) is 9.59 Å². The van der Waals surface area contributed by atoms with Crippen molar-refractivity contribution in [1.82, 2.24) is 9.47 Å². The number of amides is 1. The highest BCUT2D eigenvalue weighted by Crippen LogP contribution is 2.40. The van der Waals surface area contributed by atoms with E-state index in [1.165, 1.54) is 10.8 Å². The maximum absolute atomic E-state index is 13.6. The highest BCUT2D eigenvalue weighted by Gasteiger charge is 2.40. The third-order valence-electron chi connectivity index (χ3n) is 7.22. The molecule has 3 aromatic rings. The smallest absolute Gasteiger partial charge is 0.341 e. The van der Waals surface area contributed by atoms with E-state index >= 15 is 0 Å². The molecule has 3 heterocycles. The monoisotopic (exact) mass is 488 g/mol. The second-order valence-corrected chi connectivity index (χ2v) is 9.41. The summed E-state index contributed by atoms with van der Waals surface area (Å²) in [5.41, 5.74) is 0.187. The zero-order valence-electron chi connectivity index (χ0n) is 19.7. The van der Waals surface area contributed by atoms with Crippen LogP contribution in [0.25, 0.3) is 0 Å². The van der Waals surface area contributed by atoms with Crippen LogP contribution in [-0.4, -0.2) is 57.9 Å². The van der Waals surface area contributed by atoms with Gasteiger partial charge in [0.15, 0.2) is 11.4 Å². The highest BCUT2D eigenvalue weighted by atomic mass is 16.5. The molecule has 1 fully saturated rings. The normalized spacial score (nSPS) is 18.3. The number of carboxylic acid groups (broad SMARTS) is 1. The number of benzene rings is 2. The van der Waals surface area contributed by atoms with Crippen molar-refractivity contribution in [3.8, 4) is 5.75 Å². The Labute approximate surface area is 208 Å². The number of hydrogen-bond acceptors (Lipinski definition) is 5. The third-order valence-corrected chi connectivity index (χ3v) is 7.22. The Bertz CT molecular complexity index is 1280. The molecule has 0 bridgehead atoms. The minimum atomic E-state index is -1.45. The van der Waals surface area contributed by atoms with Gasteiger partial charge in [-0.25, -0.2) is 4.79 Å². The maximum Gasteiger partial charge on any atom is 0.341 e. The zero-order chi connectivity index (χ0) is 25.2. The number of rotatable bonds is 6. The molecule has 2 aromatic carbocycles. The molecule has 0 spiro atoms. The van der Waals surface area contributed by atoms with E-state index in [9.17, 15) is 24.6 Å². The Hall–Kier alpha value is -3.91. The lowest BCUT2D eigenvalue weighted by Gasteiger charge is -2.42. The first kappa shape index (κ1) is 23.8. The number of carboxylic acids is 1. The third kappa shape index (κ3) is 4.40. The van der Waals surface area contributed by atoms with E-state index in [2.05, 4.69) is 0 Å². The van der Waals surface area contributed by atoms with Crippen molar-refractivity contribution in [1.29, 1.82) is 0 Å². The number of fused-ring (bicyclic) bond motifs is 1. The quantitative estimate of drug-likeness (QED) is 0.550. The molecule has 5 rings (SSSR count). The lowest BCUT2D eigenvalue weighted by molar-refractivity contribution is 0.0384. The predicted molar refractivity (Wildman–Crippen MR) is 133 cm³/mol. The maximum atomic E-state index is 13.6. The molecule has 1 saturated heterocycles. The number of aromatic carboxylic acids is 1. The van der Waals surface area contributed by atoms with Crippen molar-refractivity contribution in [3.63, 3.8) is 0 Å². The number of ether oxygens (including phenoxy) is 1. The zero-order valence-corrected chi connectivity index (χ0v) is 19.7. The van der Waals surface area contributed by atoms with E-state index in [4.69, 9.17) is 4.74 Å². The summed E-state index contributed by atoms with van der Waals surface area (Å²) in [5.74, 6) is -2.75. The summed E-state index contributed by atoms with van der Waals surface area (Å²) >= 11 is 0. The number of carbonyl (C=O) groups is 2. The molecule has 8 heteroatoms. The Balaban J connectivity index is 1.69. The van der Waals surface area contributed by atoms with E-state index in [-0.39, 0.29) is 17.5 Å². The van der Waals surface area contributed by atoms with Gasteiger partial charge in [0.1, 0.15) is 5.56 Å². The molecule has 0 radical (unpaired) electrons. The van der Waals surface area contributed by atoms with Gasteiger partial charge >= 0.3 is 5.97 Å². The van der Waals surface area contributed by atoms with Gasteiger partial charge < -0.3 is 24.4 Å². The molecular formula is C28H28N2O6. The van der Waals surface area contributed by atoms with Crippen molar-refractivity contribution in [3.05, 3.63) is 99.5 Å². The summed E-state index contributed by atoms with van der Waals surface area (Å²) in [4.78, 5) is 39.9. The molecule has 2 aliphatic rings. The van der Waals surface area contributed by atoms with Gasteiger partial charge in [-0.2, -0.15) is 0 Å². The van der Waals surface area contributed by atoms with Crippen LogP contribution in [0.3, 0.4) is 0 Å². The Morgan fingerprint density at radius 2 is 1.56 bits per heavy atom. The van der Waals surface area contributed by atoms with Crippen molar-refractivity contribution in [2.45, 2.75) is 24.8 Å². The van der Waals surface area contributed by atoms with Crippen LogP contribution in [0, 0.1) is 5.92 Å². The largest absolute Gasteiger partial charge is 0.503 e. The predicted octanol–water partition coefficient (Wildman–Crippen LogP) is 3.51. The van der Waals surface area contributed by atoms with Crippen LogP contribution in [-0.2, 0) is 4.74 Å². The summed E-state index contributed by atoms with van der Waals surface area (Å²) in [7, 11) is 0. The fourth-order valence-electron chi connectivity index (χ4n) is 5.41. The molecule has 1 amide bonds. The van der Waals surface area contributed by atoms with Gasteiger partial charge in [0.25, 0.3) is 5.91 Å². The molecule has 1 atom stereocenters. The van der Waals surface area contributed by atoms with Crippen molar-refractivity contribution in [2.75, 3.05) is 26.3 Å². The second-order valence-electron chi connectivity index (χ2n) is 9.41. The summed E-state index contributed by atoms with van der Waals surface area (Å²) in [6, 6.07) is 19.1. The van der Waals surface area contributed by atoms with Gasteiger partial charge in [0, 0.05) is 38.4 Å². The topological polar surface area (TPSA) is 109 Å². The number of aromatic hydroxyl groups is 1. The van der Waals surface area contributed by atoms with Crippen molar-refractivity contribution in [2.24, 2.45) is 5.92 Å². The highest BCUT2D eigenvalue weighted by molar-refractivity contribution is 5.97. The summed E-state index contributed by atoms with van der Waals surface area (Å²) in [5, 5.41) is 20.5. The van der Waals surface area contributed by atoms with E-state index in [0.717, 1.165) is 24.0 Å². The first-order valence-corrected chi connectivity index (χ1v) is 12.1. The number of pyridine rings is 1. The van der Waals surface area contributed by atoms with Crippen molar-refractivity contribution < 1.29 is 24.5 Å². The standard InChI is InChI=1S/C28H28N2O6/c31-25-21(28(34)35)16-30-22(23(19-7-3-1-4-8-19)20-9-5-2-6-10-20)17-29(27(33)24(30)26(25)32)15-18-11-13-36-14-12-18/h1-10,16,18,22-23,32H,11-15,17H2,(H,34,35)/t22-/m1/s1. The number of carbonyl (C=O) groups excluding carboxylic acids is 1. The van der Waals surface area contributed by atoms with Gasteiger partial charge in [0.05, 0.1) is 6.04 Å². The average Bonchev–Trinajstić information content (AvgIpc) is 2.90. The van der Waals surface area contributed by atoms with E-state index in [0.29, 0.717) is 26.3 Å². The molecule has 36 heavy (non-hydrogen) atoms. The average molecular weight is 489 g/mol.